The van der Waals surface area contributed by atoms with Crippen LogP contribution < -0.4 is 10.2 Å². The van der Waals surface area contributed by atoms with Gasteiger partial charge in [0.25, 0.3) is 0 Å². The molecule has 3 nitrogen and oxygen atoms in total. The minimum atomic E-state index is -0.269. The van der Waals surface area contributed by atoms with E-state index in [2.05, 4.69) is 10.3 Å². The van der Waals surface area contributed by atoms with Crippen molar-refractivity contribution in [1.29, 1.82) is 0 Å². The topological polar surface area (TPSA) is 28.2 Å². The van der Waals surface area contributed by atoms with Crippen molar-refractivity contribution in [3.8, 4) is 0 Å². The lowest BCUT2D eigenvalue weighted by molar-refractivity contribution is 0.627. The van der Waals surface area contributed by atoms with Crippen LogP contribution in [0.3, 0.4) is 0 Å². The fourth-order valence-electron chi connectivity index (χ4n) is 2.16. The average molecular weight is 306 g/mol. The van der Waals surface area contributed by atoms with Gasteiger partial charge in [0, 0.05) is 19.6 Å². The first-order chi connectivity index (χ1) is 10.1. The van der Waals surface area contributed by atoms with Crippen LogP contribution in [0.5, 0.6) is 0 Å². The van der Waals surface area contributed by atoms with E-state index in [1.807, 2.05) is 6.07 Å². The highest BCUT2D eigenvalue weighted by molar-refractivity contribution is 6.31. The van der Waals surface area contributed by atoms with Gasteiger partial charge in [0.15, 0.2) is 0 Å². The predicted molar refractivity (Wildman–Crippen MR) is 83.6 cm³/mol. The second-order valence-electron chi connectivity index (χ2n) is 5.26. The van der Waals surface area contributed by atoms with E-state index in [1.54, 1.807) is 36.2 Å². The zero-order valence-electron chi connectivity index (χ0n) is 11.8. The Balaban J connectivity index is 1.84. The number of pyridine rings is 1. The molecule has 1 N–H and O–H groups in total. The molecule has 21 heavy (non-hydrogen) atoms. The lowest BCUT2D eigenvalue weighted by atomic mass is 10.2. The van der Waals surface area contributed by atoms with Crippen molar-refractivity contribution in [3.63, 3.8) is 0 Å². The van der Waals surface area contributed by atoms with Crippen LogP contribution >= 0.6 is 11.6 Å². The van der Waals surface area contributed by atoms with Crippen molar-refractivity contribution >= 4 is 23.1 Å². The van der Waals surface area contributed by atoms with Crippen LogP contribution in [0.25, 0.3) is 0 Å². The number of nitrogens with one attached hydrogen (secondary N) is 1. The summed E-state index contributed by atoms with van der Waals surface area (Å²) in [5.74, 6) is 0.409. The van der Waals surface area contributed by atoms with Gasteiger partial charge in [-0.15, -0.1) is 0 Å². The molecule has 0 unspecified atom stereocenters. The Morgan fingerprint density at radius 1 is 1.29 bits per heavy atom. The number of hydrogen-bond acceptors (Lipinski definition) is 3. The van der Waals surface area contributed by atoms with Crippen molar-refractivity contribution in [3.05, 3.63) is 52.9 Å². The Labute approximate surface area is 128 Å². The lowest BCUT2D eigenvalue weighted by Gasteiger charge is -2.20. The van der Waals surface area contributed by atoms with E-state index in [4.69, 9.17) is 11.6 Å². The van der Waals surface area contributed by atoms with Crippen molar-refractivity contribution < 1.29 is 4.39 Å². The summed E-state index contributed by atoms with van der Waals surface area (Å²) in [5.41, 5.74) is 1.29. The molecule has 0 amide bonds. The summed E-state index contributed by atoms with van der Waals surface area (Å²) in [6.45, 7) is 0.641. The van der Waals surface area contributed by atoms with E-state index in [0.717, 1.165) is 5.69 Å². The highest BCUT2D eigenvalue weighted by Crippen LogP contribution is 2.27. The summed E-state index contributed by atoms with van der Waals surface area (Å²) in [6.07, 6.45) is 2.43. The van der Waals surface area contributed by atoms with E-state index in [0.29, 0.717) is 29.1 Å². The third-order valence-corrected chi connectivity index (χ3v) is 3.94. The summed E-state index contributed by atoms with van der Waals surface area (Å²) < 4.78 is 13.9. The average Bonchev–Trinajstić information content (AvgIpc) is 3.30. The molecule has 3 rings (SSSR count). The molecule has 0 saturated heterocycles. The van der Waals surface area contributed by atoms with Gasteiger partial charge in [-0.2, -0.15) is 0 Å². The van der Waals surface area contributed by atoms with E-state index in [1.165, 1.54) is 18.9 Å². The molecule has 0 atom stereocenters. The first-order valence-electron chi connectivity index (χ1n) is 7.02. The zero-order valence-corrected chi connectivity index (χ0v) is 12.6. The second-order valence-corrected chi connectivity index (χ2v) is 5.67. The van der Waals surface area contributed by atoms with Crippen molar-refractivity contribution in [1.82, 2.24) is 10.3 Å². The van der Waals surface area contributed by atoms with Crippen LogP contribution in [0.2, 0.25) is 5.02 Å². The lowest BCUT2D eigenvalue weighted by Crippen LogP contribution is -2.18. The summed E-state index contributed by atoms with van der Waals surface area (Å²) in [4.78, 5) is 6.28. The number of halogens is 2. The Morgan fingerprint density at radius 2 is 2.05 bits per heavy atom. The molecule has 1 saturated carbocycles. The van der Waals surface area contributed by atoms with Crippen LogP contribution in [-0.2, 0) is 6.54 Å². The number of anilines is 2. The molecule has 1 fully saturated rings. The molecular weight excluding hydrogens is 289 g/mol. The van der Waals surface area contributed by atoms with E-state index in [-0.39, 0.29) is 5.82 Å². The number of benzene rings is 1. The Morgan fingerprint density at radius 3 is 2.76 bits per heavy atom. The van der Waals surface area contributed by atoms with Crippen molar-refractivity contribution in [2.45, 2.75) is 25.4 Å². The summed E-state index contributed by atoms with van der Waals surface area (Å²) in [5, 5.41) is 4.02. The van der Waals surface area contributed by atoms with Gasteiger partial charge in [-0.25, -0.2) is 9.37 Å². The minimum absolute atomic E-state index is 0.269. The normalized spacial score (nSPS) is 14.2. The fraction of sp³-hybridized carbons (Fsp3) is 0.312. The van der Waals surface area contributed by atoms with Crippen LogP contribution in [-0.4, -0.2) is 18.1 Å². The van der Waals surface area contributed by atoms with Crippen molar-refractivity contribution in [2.75, 3.05) is 11.9 Å². The van der Waals surface area contributed by atoms with E-state index < -0.39 is 0 Å². The third-order valence-electron chi connectivity index (χ3n) is 3.60. The minimum Gasteiger partial charge on any atom is -0.327 e. The molecule has 0 aliphatic heterocycles. The molecule has 0 radical (unpaired) electrons. The van der Waals surface area contributed by atoms with Gasteiger partial charge in [-0.3, -0.25) is 0 Å². The molecule has 1 aromatic heterocycles. The molecule has 0 bridgehead atoms. The third kappa shape index (κ3) is 3.34. The molecular formula is C16H17ClFN3. The van der Waals surface area contributed by atoms with Gasteiger partial charge in [0.05, 0.1) is 16.4 Å². The molecule has 1 aliphatic rings. The maximum Gasteiger partial charge on any atom is 0.146 e. The highest BCUT2D eigenvalue weighted by atomic mass is 35.5. The van der Waals surface area contributed by atoms with Gasteiger partial charge in [-0.1, -0.05) is 23.7 Å². The zero-order chi connectivity index (χ0) is 14.8. The highest BCUT2D eigenvalue weighted by Gasteiger charge is 2.21. The van der Waals surface area contributed by atoms with E-state index in [9.17, 15) is 4.39 Å². The predicted octanol–water partition coefficient (Wildman–Crippen LogP) is 3.89. The van der Waals surface area contributed by atoms with E-state index >= 15 is 0 Å². The van der Waals surface area contributed by atoms with Gasteiger partial charge >= 0.3 is 0 Å². The summed E-state index contributed by atoms with van der Waals surface area (Å²) in [6, 6.07) is 10.9. The Bertz CT molecular complexity index is 643. The maximum absolute atomic E-state index is 13.9. The quantitative estimate of drug-likeness (QED) is 0.908. The molecule has 110 valence electrons. The largest absolute Gasteiger partial charge is 0.327 e. The number of nitrogens with zero attached hydrogens (tertiary/aromatic N) is 2. The Kier molecular flexibility index (Phi) is 4.08. The summed E-state index contributed by atoms with van der Waals surface area (Å²) >= 11 is 6.19. The molecule has 0 spiro atoms. The van der Waals surface area contributed by atoms with Crippen LogP contribution in [0.15, 0.2) is 36.4 Å². The van der Waals surface area contributed by atoms with Gasteiger partial charge < -0.3 is 10.2 Å². The molecule has 1 aromatic carbocycles. The van der Waals surface area contributed by atoms with Crippen molar-refractivity contribution in [2.24, 2.45) is 0 Å². The monoisotopic (exact) mass is 305 g/mol. The number of aromatic nitrogens is 1. The van der Waals surface area contributed by atoms with Crippen LogP contribution in [0.1, 0.15) is 18.5 Å². The van der Waals surface area contributed by atoms with Crippen LogP contribution in [0.4, 0.5) is 15.9 Å². The first kappa shape index (κ1) is 14.3. The first-order valence-corrected chi connectivity index (χ1v) is 7.40. The molecule has 1 aliphatic carbocycles. The van der Waals surface area contributed by atoms with Gasteiger partial charge in [0.2, 0.25) is 0 Å². The summed E-state index contributed by atoms with van der Waals surface area (Å²) in [7, 11) is 1.80. The second kappa shape index (κ2) is 6.00. The number of hydrogen-bond donors (Lipinski definition) is 1. The van der Waals surface area contributed by atoms with Crippen LogP contribution in [0, 0.1) is 5.82 Å². The Hall–Kier alpha value is -1.65. The fourth-order valence-corrected chi connectivity index (χ4v) is 2.33. The SMILES string of the molecule is CN(c1ccc(Cl)c(CNC2CC2)n1)c1ccccc1F. The van der Waals surface area contributed by atoms with Gasteiger partial charge in [0.1, 0.15) is 11.6 Å². The molecule has 5 heteroatoms. The standard InChI is InChI=1S/C16H17ClFN3/c1-21(15-5-3-2-4-13(15)18)16-9-8-12(17)14(20-16)10-19-11-6-7-11/h2-5,8-9,11,19H,6-7,10H2,1H3. The van der Waals surface area contributed by atoms with Gasteiger partial charge in [-0.05, 0) is 37.1 Å². The maximum atomic E-state index is 13.9. The number of para-hydroxylation sites is 1. The smallest absolute Gasteiger partial charge is 0.146 e. The molecule has 2 aromatic rings. The molecule has 1 heterocycles. The number of rotatable bonds is 5.